The van der Waals surface area contributed by atoms with E-state index >= 15 is 0 Å². The van der Waals surface area contributed by atoms with Crippen molar-refractivity contribution in [1.29, 1.82) is 0 Å². The third kappa shape index (κ3) is 26.1. The monoisotopic (exact) mass is 723 g/mol. The van der Waals surface area contributed by atoms with Crippen molar-refractivity contribution >= 4 is 23.7 Å². The average Bonchev–Trinajstić information content (AvgIpc) is 3.13. The number of aliphatic hydroxyl groups excluding tert-OH is 1. The summed E-state index contributed by atoms with van der Waals surface area (Å²) >= 11 is 1.94. The summed E-state index contributed by atoms with van der Waals surface area (Å²) in [5.41, 5.74) is 0. The van der Waals surface area contributed by atoms with Gasteiger partial charge in [-0.3, -0.25) is 9.59 Å². The molecule has 6 heteroatoms. The van der Waals surface area contributed by atoms with Crippen LogP contribution in [0, 0.1) is 11.8 Å². The van der Waals surface area contributed by atoms with Crippen molar-refractivity contribution < 1.29 is 24.2 Å². The van der Waals surface area contributed by atoms with Crippen molar-refractivity contribution in [1.82, 2.24) is 0 Å². The maximum atomic E-state index is 12.9. The van der Waals surface area contributed by atoms with Crippen LogP contribution < -0.4 is 0 Å². The van der Waals surface area contributed by atoms with Gasteiger partial charge in [-0.05, 0) is 75.9 Å². The van der Waals surface area contributed by atoms with E-state index in [9.17, 15) is 14.7 Å². The smallest absolute Gasteiger partial charge is 0.308 e. The summed E-state index contributed by atoms with van der Waals surface area (Å²) < 4.78 is 11.8. The van der Waals surface area contributed by atoms with Crippen molar-refractivity contribution in [2.45, 2.75) is 237 Å². The van der Waals surface area contributed by atoms with Gasteiger partial charge in [-0.15, -0.1) is 0 Å². The molecular formula is C44H82O5S. The first-order valence-corrected chi connectivity index (χ1v) is 23.4. The fourth-order valence-corrected chi connectivity index (χ4v) is 9.09. The molecule has 0 bridgehead atoms. The predicted octanol–water partition coefficient (Wildman–Crippen LogP) is 13.1. The van der Waals surface area contributed by atoms with Crippen LogP contribution in [0.3, 0.4) is 0 Å². The van der Waals surface area contributed by atoms with Crippen LogP contribution in [-0.2, 0) is 19.1 Å². The number of carbonyl (C=O) groups is 2. The van der Waals surface area contributed by atoms with Crippen molar-refractivity contribution in [3.05, 3.63) is 0 Å². The van der Waals surface area contributed by atoms with Crippen molar-refractivity contribution in [3.63, 3.8) is 0 Å². The summed E-state index contributed by atoms with van der Waals surface area (Å²) in [6.45, 7) is 2.77. The zero-order valence-corrected chi connectivity index (χ0v) is 33.8. The Morgan fingerprint density at radius 2 is 1.16 bits per heavy atom. The minimum atomic E-state index is -0.222. The molecule has 2 fully saturated rings. The van der Waals surface area contributed by atoms with Gasteiger partial charge in [-0.25, -0.2) is 0 Å². The average molecular weight is 723 g/mol. The number of ether oxygens (including phenoxy) is 2. The molecule has 0 spiro atoms. The molecule has 2 aliphatic rings. The molecule has 0 amide bonds. The molecule has 2 unspecified atom stereocenters. The van der Waals surface area contributed by atoms with Gasteiger partial charge in [0.1, 0.15) is 6.10 Å². The molecule has 50 heavy (non-hydrogen) atoms. The van der Waals surface area contributed by atoms with E-state index in [-0.39, 0.29) is 30.1 Å². The van der Waals surface area contributed by atoms with E-state index in [2.05, 4.69) is 6.92 Å². The van der Waals surface area contributed by atoms with Crippen LogP contribution in [0.4, 0.5) is 0 Å². The molecule has 294 valence electrons. The van der Waals surface area contributed by atoms with E-state index in [1.165, 1.54) is 116 Å². The number of hydrogen-bond donors (Lipinski definition) is 1. The highest BCUT2D eigenvalue weighted by atomic mass is 32.2. The molecule has 0 saturated heterocycles. The van der Waals surface area contributed by atoms with E-state index in [1.54, 1.807) is 0 Å². The van der Waals surface area contributed by atoms with Crippen LogP contribution >= 0.6 is 11.8 Å². The normalized spacial score (nSPS) is 19.2. The number of carbonyl (C=O) groups excluding carboxylic acids is 2. The second-order valence-corrected chi connectivity index (χ2v) is 17.3. The lowest BCUT2D eigenvalue weighted by Crippen LogP contribution is -2.21. The van der Waals surface area contributed by atoms with Crippen molar-refractivity contribution in [2.24, 2.45) is 11.8 Å². The summed E-state index contributed by atoms with van der Waals surface area (Å²) in [5.74, 6) is 2.90. The zero-order valence-electron chi connectivity index (χ0n) is 33.0. The van der Waals surface area contributed by atoms with Crippen LogP contribution in [0.2, 0.25) is 0 Å². The molecule has 0 aromatic rings. The minimum absolute atomic E-state index is 0.0221. The summed E-state index contributed by atoms with van der Waals surface area (Å²) in [5, 5.41) is 10.5. The van der Waals surface area contributed by atoms with Gasteiger partial charge in [0.15, 0.2) is 0 Å². The molecule has 0 aliphatic heterocycles. The van der Waals surface area contributed by atoms with Crippen LogP contribution in [0.15, 0.2) is 0 Å². The third-order valence-corrected chi connectivity index (χ3v) is 12.6. The van der Waals surface area contributed by atoms with E-state index < -0.39 is 0 Å². The van der Waals surface area contributed by atoms with Gasteiger partial charge in [-0.1, -0.05) is 155 Å². The van der Waals surface area contributed by atoms with E-state index in [0.717, 1.165) is 114 Å². The number of unbranched alkanes of at least 4 members (excludes halogenated alkanes) is 7. The highest BCUT2D eigenvalue weighted by Gasteiger charge is 2.20. The second-order valence-electron chi connectivity index (χ2n) is 16.1. The molecule has 2 saturated carbocycles. The first-order chi connectivity index (χ1) is 24.6. The fourth-order valence-electron chi connectivity index (χ4n) is 8.02. The highest BCUT2D eigenvalue weighted by molar-refractivity contribution is 7.99. The molecule has 2 atom stereocenters. The van der Waals surface area contributed by atoms with Gasteiger partial charge in [0.2, 0.25) is 0 Å². The number of aliphatic hydroxyl groups is 1. The topological polar surface area (TPSA) is 72.8 Å². The maximum absolute atomic E-state index is 12.9. The van der Waals surface area contributed by atoms with E-state index in [1.807, 2.05) is 11.8 Å². The molecule has 5 nitrogen and oxygen atoms in total. The molecule has 2 rings (SSSR count). The molecule has 0 aromatic carbocycles. The van der Waals surface area contributed by atoms with Crippen molar-refractivity contribution in [2.75, 3.05) is 18.1 Å². The first kappa shape index (κ1) is 45.4. The number of rotatable bonds is 24. The van der Waals surface area contributed by atoms with E-state index in [4.69, 9.17) is 9.47 Å². The van der Waals surface area contributed by atoms with Crippen LogP contribution in [-0.4, -0.2) is 47.4 Å². The minimum Gasteiger partial charge on any atom is -0.465 e. The Labute approximate surface area is 314 Å². The molecule has 0 aromatic heterocycles. The van der Waals surface area contributed by atoms with Gasteiger partial charge in [-0.2, -0.15) is 11.8 Å². The Kier molecular flexibility index (Phi) is 29.8. The summed E-state index contributed by atoms with van der Waals surface area (Å²) in [6, 6.07) is 0. The van der Waals surface area contributed by atoms with E-state index in [0.29, 0.717) is 13.0 Å². The summed E-state index contributed by atoms with van der Waals surface area (Å²) in [6.07, 6.45) is 39.6. The first-order valence-electron chi connectivity index (χ1n) is 22.2. The molecular weight excluding hydrogens is 641 g/mol. The van der Waals surface area contributed by atoms with Gasteiger partial charge in [0.05, 0.1) is 18.6 Å². The molecule has 0 heterocycles. The lowest BCUT2D eigenvalue weighted by Gasteiger charge is -2.22. The molecule has 1 N–H and O–H groups in total. The lowest BCUT2D eigenvalue weighted by molar-refractivity contribution is -0.150. The Balaban J connectivity index is 1.49. The maximum Gasteiger partial charge on any atom is 0.308 e. The highest BCUT2D eigenvalue weighted by Crippen LogP contribution is 2.28. The molecule has 2 aliphatic carbocycles. The Morgan fingerprint density at radius 3 is 1.78 bits per heavy atom. The summed E-state index contributed by atoms with van der Waals surface area (Å²) in [7, 11) is 0. The van der Waals surface area contributed by atoms with Crippen LogP contribution in [0.25, 0.3) is 0 Å². The number of esters is 2. The number of thioether (sulfide) groups is 1. The Hall–Kier alpha value is -0.750. The molecule has 0 radical (unpaired) electrons. The SMILES string of the molecule is CCCCCCC(CSCCCCCC(O)CCCCCOC(=O)C1CCCCCCCCCCCCCC1)OC(=O)CCC1CCCCC1. The quantitative estimate of drug-likeness (QED) is 0.0790. The van der Waals surface area contributed by atoms with Gasteiger partial charge in [0.25, 0.3) is 0 Å². The Bertz CT molecular complexity index is 768. The third-order valence-electron chi connectivity index (χ3n) is 11.4. The predicted molar refractivity (Wildman–Crippen MR) is 214 cm³/mol. The van der Waals surface area contributed by atoms with Crippen molar-refractivity contribution in [3.8, 4) is 0 Å². The number of hydrogen-bond acceptors (Lipinski definition) is 6. The van der Waals surface area contributed by atoms with Gasteiger partial charge >= 0.3 is 11.9 Å². The second kappa shape index (κ2) is 32.9. The van der Waals surface area contributed by atoms with Crippen LogP contribution in [0.1, 0.15) is 225 Å². The lowest BCUT2D eigenvalue weighted by atomic mass is 9.86. The van der Waals surface area contributed by atoms with Crippen LogP contribution in [0.5, 0.6) is 0 Å². The van der Waals surface area contributed by atoms with Gasteiger partial charge < -0.3 is 14.6 Å². The fraction of sp³-hybridized carbons (Fsp3) is 0.955. The Morgan fingerprint density at radius 1 is 0.640 bits per heavy atom. The van der Waals surface area contributed by atoms with Gasteiger partial charge in [0, 0.05) is 12.2 Å². The standard InChI is InChI=1S/C44H82O5S/c1-2-3-4-24-33-42(49-43(46)35-34-39-27-18-15-19-28-39)38-50-37-26-17-23-32-41(45)31-22-16-25-36-48-44(47)40-29-20-13-11-9-7-5-6-8-10-12-14-21-30-40/h39-42,45H,2-38H2,1H3. The zero-order chi connectivity index (χ0) is 35.7. The largest absolute Gasteiger partial charge is 0.465 e. The summed E-state index contributed by atoms with van der Waals surface area (Å²) in [4.78, 5) is 25.5.